The van der Waals surface area contributed by atoms with Crippen molar-refractivity contribution >= 4 is 27.9 Å². The minimum absolute atomic E-state index is 0.256. The maximum absolute atomic E-state index is 12.9. The van der Waals surface area contributed by atoms with Crippen molar-refractivity contribution in [3.05, 3.63) is 70.3 Å². The zero-order valence-corrected chi connectivity index (χ0v) is 17.0. The Labute approximate surface area is 173 Å². The van der Waals surface area contributed by atoms with E-state index in [9.17, 15) is 9.59 Å². The lowest BCUT2D eigenvalue weighted by atomic mass is 10.1. The van der Waals surface area contributed by atoms with E-state index in [1.165, 1.54) is 6.07 Å². The van der Waals surface area contributed by atoms with Gasteiger partial charge in [-0.25, -0.2) is 9.78 Å². The molecule has 7 nitrogen and oxygen atoms in total. The lowest BCUT2D eigenvalue weighted by Gasteiger charge is -2.10. The number of hydrogen-bond donors (Lipinski definition) is 1. The van der Waals surface area contributed by atoms with Gasteiger partial charge < -0.3 is 19.0 Å². The Morgan fingerprint density at radius 3 is 2.80 bits per heavy atom. The highest BCUT2D eigenvalue weighted by Crippen LogP contribution is 2.23. The van der Waals surface area contributed by atoms with E-state index in [0.29, 0.717) is 23.3 Å². The van der Waals surface area contributed by atoms with E-state index in [1.54, 1.807) is 18.2 Å². The number of para-hydroxylation sites is 2. The summed E-state index contributed by atoms with van der Waals surface area (Å²) in [5.41, 5.74) is 1.93. The van der Waals surface area contributed by atoms with Gasteiger partial charge in [0.2, 0.25) is 0 Å². The number of nitrogens with zero attached hydrogens (tertiary/aromatic N) is 2. The lowest BCUT2D eigenvalue weighted by Crippen LogP contribution is -2.26. The summed E-state index contributed by atoms with van der Waals surface area (Å²) in [7, 11) is 0. The van der Waals surface area contributed by atoms with Crippen molar-refractivity contribution in [3.8, 4) is 5.75 Å². The summed E-state index contributed by atoms with van der Waals surface area (Å²) in [5.74, 6) is 1.00. The zero-order chi connectivity index (χ0) is 21.1. The summed E-state index contributed by atoms with van der Waals surface area (Å²) in [6.45, 7) is 5.53. The van der Waals surface area contributed by atoms with Crippen molar-refractivity contribution in [1.82, 2.24) is 14.9 Å². The molecule has 2 aromatic carbocycles. The smallest absolute Gasteiger partial charge is 0.337 e. The van der Waals surface area contributed by atoms with Gasteiger partial charge in [-0.15, -0.1) is 0 Å². The normalized spacial score (nSPS) is 11.1. The molecule has 0 atom stereocenters. The predicted molar refractivity (Wildman–Crippen MR) is 115 cm³/mol. The van der Waals surface area contributed by atoms with Gasteiger partial charge in [0, 0.05) is 24.1 Å². The van der Waals surface area contributed by atoms with Crippen molar-refractivity contribution < 1.29 is 13.9 Å². The summed E-state index contributed by atoms with van der Waals surface area (Å²) >= 11 is 0. The molecule has 0 saturated carbocycles. The number of carbonyl (C=O) groups excluding carboxylic acids is 1. The van der Waals surface area contributed by atoms with Gasteiger partial charge in [-0.3, -0.25) is 4.79 Å². The molecule has 0 aliphatic carbocycles. The summed E-state index contributed by atoms with van der Waals surface area (Å²) < 4.78 is 12.8. The number of carbonyl (C=O) groups is 1. The minimum Gasteiger partial charge on any atom is -0.494 e. The summed E-state index contributed by atoms with van der Waals surface area (Å²) in [5, 5.41) is 3.45. The van der Waals surface area contributed by atoms with Gasteiger partial charge in [-0.1, -0.05) is 19.1 Å². The van der Waals surface area contributed by atoms with Gasteiger partial charge >= 0.3 is 5.63 Å². The van der Waals surface area contributed by atoms with Crippen LogP contribution >= 0.6 is 0 Å². The van der Waals surface area contributed by atoms with Crippen molar-refractivity contribution in [1.29, 1.82) is 0 Å². The molecule has 7 heteroatoms. The van der Waals surface area contributed by atoms with Gasteiger partial charge in [0.25, 0.3) is 5.91 Å². The fraction of sp³-hybridized carbons (Fsp3) is 0.261. The molecular formula is C23H23N3O4. The molecule has 4 rings (SSSR count). The van der Waals surface area contributed by atoms with Crippen LogP contribution in [0.15, 0.2) is 57.7 Å². The van der Waals surface area contributed by atoms with E-state index in [2.05, 4.69) is 21.8 Å². The van der Waals surface area contributed by atoms with Crippen LogP contribution in [-0.2, 0) is 13.1 Å². The third-order valence-corrected chi connectivity index (χ3v) is 4.86. The van der Waals surface area contributed by atoms with Gasteiger partial charge in [-0.05, 0) is 37.6 Å². The zero-order valence-electron chi connectivity index (χ0n) is 17.0. The molecule has 0 fully saturated rings. The number of rotatable bonds is 7. The average molecular weight is 405 g/mol. The van der Waals surface area contributed by atoms with E-state index in [4.69, 9.17) is 9.15 Å². The lowest BCUT2D eigenvalue weighted by molar-refractivity contribution is 0.0950. The van der Waals surface area contributed by atoms with Crippen molar-refractivity contribution in [2.45, 2.75) is 33.4 Å². The molecule has 0 radical (unpaired) electrons. The number of amides is 1. The standard InChI is InChI=1S/C23H23N3O4/c1-3-11-26-19-8-6-5-7-18(19)25-21(26)14-24-23(28)17-13-22(27)30-20-12-15(29-4-2)9-10-16(17)20/h5-10,12-13H,3-4,11,14H2,1-2H3,(H,24,28). The first-order chi connectivity index (χ1) is 14.6. The first-order valence-corrected chi connectivity index (χ1v) is 10.0. The number of aryl methyl sites for hydroxylation is 1. The highest BCUT2D eigenvalue weighted by molar-refractivity contribution is 6.05. The van der Waals surface area contributed by atoms with Crippen molar-refractivity contribution in [2.75, 3.05) is 6.61 Å². The minimum atomic E-state index is -0.584. The molecule has 0 aliphatic rings. The number of benzene rings is 2. The summed E-state index contributed by atoms with van der Waals surface area (Å²) in [6.07, 6.45) is 0.952. The van der Waals surface area contributed by atoms with Gasteiger partial charge in [0.1, 0.15) is 17.2 Å². The highest BCUT2D eigenvalue weighted by atomic mass is 16.5. The number of aromatic nitrogens is 2. The topological polar surface area (TPSA) is 86.4 Å². The maximum Gasteiger partial charge on any atom is 0.337 e. The first kappa shape index (κ1) is 19.7. The largest absolute Gasteiger partial charge is 0.494 e. The third-order valence-electron chi connectivity index (χ3n) is 4.86. The Bertz CT molecular complexity index is 1270. The Morgan fingerprint density at radius 2 is 2.00 bits per heavy atom. The predicted octanol–water partition coefficient (Wildman–Crippen LogP) is 3.88. The quantitative estimate of drug-likeness (QED) is 0.472. The first-order valence-electron chi connectivity index (χ1n) is 10.0. The second kappa shape index (κ2) is 8.41. The molecule has 1 N–H and O–H groups in total. The molecule has 30 heavy (non-hydrogen) atoms. The Balaban J connectivity index is 1.63. The molecule has 2 heterocycles. The molecule has 0 unspecified atom stereocenters. The number of ether oxygens (including phenoxy) is 1. The van der Waals surface area contributed by atoms with Gasteiger partial charge in [0.05, 0.1) is 29.7 Å². The number of nitrogens with one attached hydrogen (secondary N) is 1. The molecule has 1 amide bonds. The van der Waals surface area contributed by atoms with E-state index in [0.717, 1.165) is 29.8 Å². The molecule has 2 aromatic heterocycles. The second-order valence-corrected chi connectivity index (χ2v) is 6.92. The van der Waals surface area contributed by atoms with Crippen LogP contribution in [0, 0.1) is 0 Å². The van der Waals surface area contributed by atoms with Crippen LogP contribution < -0.4 is 15.7 Å². The summed E-state index contributed by atoms with van der Waals surface area (Å²) in [6, 6.07) is 14.2. The number of hydrogen-bond acceptors (Lipinski definition) is 5. The molecule has 4 aromatic rings. The molecular weight excluding hydrogens is 382 g/mol. The number of imidazole rings is 1. The van der Waals surface area contributed by atoms with Crippen LogP contribution in [-0.4, -0.2) is 22.1 Å². The molecule has 154 valence electrons. The van der Waals surface area contributed by atoms with Crippen LogP contribution in [0.2, 0.25) is 0 Å². The van der Waals surface area contributed by atoms with E-state index >= 15 is 0 Å². The van der Waals surface area contributed by atoms with E-state index < -0.39 is 5.63 Å². The van der Waals surface area contributed by atoms with Crippen LogP contribution in [0.25, 0.3) is 22.0 Å². The molecule has 0 spiro atoms. The molecule has 0 saturated heterocycles. The molecule has 0 aliphatic heterocycles. The Hall–Kier alpha value is -3.61. The second-order valence-electron chi connectivity index (χ2n) is 6.92. The highest BCUT2D eigenvalue weighted by Gasteiger charge is 2.16. The van der Waals surface area contributed by atoms with Crippen molar-refractivity contribution in [3.63, 3.8) is 0 Å². The molecule has 0 bridgehead atoms. The van der Waals surface area contributed by atoms with E-state index in [1.807, 2.05) is 31.2 Å². The Kier molecular flexibility index (Phi) is 5.52. The van der Waals surface area contributed by atoms with Crippen LogP contribution in [0.1, 0.15) is 36.5 Å². The summed E-state index contributed by atoms with van der Waals surface area (Å²) in [4.78, 5) is 29.6. The van der Waals surface area contributed by atoms with Crippen molar-refractivity contribution in [2.24, 2.45) is 0 Å². The maximum atomic E-state index is 12.9. The average Bonchev–Trinajstić information content (AvgIpc) is 3.09. The fourth-order valence-electron chi connectivity index (χ4n) is 3.58. The monoisotopic (exact) mass is 405 g/mol. The Morgan fingerprint density at radius 1 is 1.17 bits per heavy atom. The SMILES string of the molecule is CCCn1c(CNC(=O)c2cc(=O)oc3cc(OCC)ccc23)nc2ccccc21. The van der Waals surface area contributed by atoms with Crippen LogP contribution in [0.5, 0.6) is 5.75 Å². The fourth-order valence-corrected chi connectivity index (χ4v) is 3.58. The van der Waals surface area contributed by atoms with Gasteiger partial charge in [0.15, 0.2) is 0 Å². The van der Waals surface area contributed by atoms with Crippen LogP contribution in [0.3, 0.4) is 0 Å². The number of fused-ring (bicyclic) bond motifs is 2. The van der Waals surface area contributed by atoms with Gasteiger partial charge in [-0.2, -0.15) is 0 Å². The van der Waals surface area contributed by atoms with E-state index in [-0.39, 0.29) is 18.0 Å². The van der Waals surface area contributed by atoms with Crippen LogP contribution in [0.4, 0.5) is 0 Å². The third kappa shape index (κ3) is 3.78.